The van der Waals surface area contributed by atoms with E-state index < -0.39 is 11.9 Å². The minimum Gasteiger partial charge on any atom is -0.481 e. The zero-order chi connectivity index (χ0) is 21.4. The summed E-state index contributed by atoms with van der Waals surface area (Å²) < 4.78 is 19.2. The number of benzene rings is 2. The Labute approximate surface area is 171 Å². The van der Waals surface area contributed by atoms with Crippen molar-refractivity contribution in [3.05, 3.63) is 65.5 Å². The maximum absolute atomic E-state index is 13.8. The SMILES string of the molecule is CC[C@H](C(=O)NC(C)C)N(Cc1ccccc1C)C(=O)COc1ccccc1F. The van der Waals surface area contributed by atoms with Crippen molar-refractivity contribution >= 4 is 11.8 Å². The van der Waals surface area contributed by atoms with Gasteiger partial charge in [-0.25, -0.2) is 4.39 Å². The molecule has 0 saturated carbocycles. The molecule has 0 radical (unpaired) electrons. The molecule has 0 aliphatic rings. The van der Waals surface area contributed by atoms with Crippen LogP contribution >= 0.6 is 0 Å². The Morgan fingerprint density at radius 3 is 2.38 bits per heavy atom. The Morgan fingerprint density at radius 2 is 1.76 bits per heavy atom. The Kier molecular flexibility index (Phi) is 8.19. The van der Waals surface area contributed by atoms with Crippen LogP contribution in [-0.2, 0) is 16.1 Å². The van der Waals surface area contributed by atoms with E-state index in [9.17, 15) is 14.0 Å². The van der Waals surface area contributed by atoms with E-state index in [2.05, 4.69) is 5.32 Å². The van der Waals surface area contributed by atoms with Crippen LogP contribution in [0.3, 0.4) is 0 Å². The molecular weight excluding hydrogens is 371 g/mol. The summed E-state index contributed by atoms with van der Waals surface area (Å²) in [6.45, 7) is 7.50. The van der Waals surface area contributed by atoms with Crippen LogP contribution < -0.4 is 10.1 Å². The van der Waals surface area contributed by atoms with Crippen molar-refractivity contribution in [2.24, 2.45) is 0 Å². The largest absolute Gasteiger partial charge is 0.481 e. The second kappa shape index (κ2) is 10.6. The van der Waals surface area contributed by atoms with Gasteiger partial charge in [0.25, 0.3) is 5.91 Å². The summed E-state index contributed by atoms with van der Waals surface area (Å²) in [6.07, 6.45) is 0.454. The van der Waals surface area contributed by atoms with E-state index in [0.29, 0.717) is 6.42 Å². The molecule has 0 aliphatic carbocycles. The summed E-state index contributed by atoms with van der Waals surface area (Å²) in [7, 11) is 0. The minimum atomic E-state index is -0.645. The number of halogens is 1. The highest BCUT2D eigenvalue weighted by Gasteiger charge is 2.29. The number of carbonyl (C=O) groups excluding carboxylic acids is 2. The number of hydrogen-bond donors (Lipinski definition) is 1. The topological polar surface area (TPSA) is 58.6 Å². The number of ether oxygens (including phenoxy) is 1. The van der Waals surface area contributed by atoms with E-state index in [1.54, 1.807) is 12.1 Å². The van der Waals surface area contributed by atoms with Crippen molar-refractivity contribution in [3.8, 4) is 5.75 Å². The lowest BCUT2D eigenvalue weighted by Gasteiger charge is -2.31. The standard InChI is InChI=1S/C23H29FN2O3/c1-5-20(23(28)25-16(2)3)26(14-18-11-7-6-10-17(18)4)22(27)15-29-21-13-9-8-12-19(21)24/h6-13,16,20H,5,14-15H2,1-4H3,(H,25,28)/t20-/m1/s1. The zero-order valence-electron chi connectivity index (χ0n) is 17.4. The van der Waals surface area contributed by atoms with E-state index in [1.165, 1.54) is 17.0 Å². The number of hydrogen-bond acceptors (Lipinski definition) is 3. The molecule has 6 heteroatoms. The predicted octanol–water partition coefficient (Wildman–Crippen LogP) is 3.84. The summed E-state index contributed by atoms with van der Waals surface area (Å²) in [4.78, 5) is 27.3. The first-order valence-corrected chi connectivity index (χ1v) is 9.85. The van der Waals surface area contributed by atoms with Crippen LogP contribution in [0.2, 0.25) is 0 Å². The molecule has 0 aromatic heterocycles. The van der Waals surface area contributed by atoms with Gasteiger partial charge in [-0.2, -0.15) is 0 Å². The van der Waals surface area contributed by atoms with Gasteiger partial charge in [0.05, 0.1) is 0 Å². The van der Waals surface area contributed by atoms with Crippen LogP contribution in [0, 0.1) is 12.7 Å². The van der Waals surface area contributed by atoms with Crippen molar-refractivity contribution < 1.29 is 18.7 Å². The molecule has 0 bridgehead atoms. The van der Waals surface area contributed by atoms with Gasteiger partial charge < -0.3 is 15.0 Å². The van der Waals surface area contributed by atoms with E-state index in [4.69, 9.17) is 4.74 Å². The highest BCUT2D eigenvalue weighted by Crippen LogP contribution is 2.18. The molecule has 2 aromatic carbocycles. The van der Waals surface area contributed by atoms with Crippen molar-refractivity contribution in [1.82, 2.24) is 10.2 Å². The molecule has 0 fully saturated rings. The van der Waals surface area contributed by atoms with Gasteiger partial charge in [0.1, 0.15) is 6.04 Å². The summed E-state index contributed by atoms with van der Waals surface area (Å²) in [5.74, 6) is -1.11. The molecule has 1 atom stereocenters. The average molecular weight is 400 g/mol. The molecule has 0 saturated heterocycles. The van der Waals surface area contributed by atoms with Gasteiger partial charge in [-0.05, 0) is 50.5 Å². The van der Waals surface area contributed by atoms with Crippen LogP contribution in [0.15, 0.2) is 48.5 Å². The second-order valence-corrected chi connectivity index (χ2v) is 7.25. The lowest BCUT2D eigenvalue weighted by Crippen LogP contribution is -2.51. The van der Waals surface area contributed by atoms with Gasteiger partial charge in [-0.15, -0.1) is 0 Å². The van der Waals surface area contributed by atoms with E-state index in [1.807, 2.05) is 52.0 Å². The maximum atomic E-state index is 13.8. The molecule has 29 heavy (non-hydrogen) atoms. The van der Waals surface area contributed by atoms with Crippen molar-refractivity contribution in [3.63, 3.8) is 0 Å². The van der Waals surface area contributed by atoms with Gasteiger partial charge in [-0.1, -0.05) is 43.3 Å². The highest BCUT2D eigenvalue weighted by molar-refractivity contribution is 5.88. The molecule has 0 spiro atoms. The molecule has 0 unspecified atom stereocenters. The molecule has 2 aromatic rings. The maximum Gasteiger partial charge on any atom is 0.261 e. The second-order valence-electron chi connectivity index (χ2n) is 7.25. The van der Waals surface area contributed by atoms with Gasteiger partial charge in [0, 0.05) is 12.6 Å². The van der Waals surface area contributed by atoms with Crippen molar-refractivity contribution in [2.45, 2.75) is 52.7 Å². The fourth-order valence-corrected chi connectivity index (χ4v) is 3.06. The van der Waals surface area contributed by atoms with E-state index >= 15 is 0 Å². The van der Waals surface area contributed by atoms with Crippen molar-refractivity contribution in [2.75, 3.05) is 6.61 Å². The van der Waals surface area contributed by atoms with Crippen LogP contribution in [0.4, 0.5) is 4.39 Å². The molecule has 2 rings (SSSR count). The fraction of sp³-hybridized carbons (Fsp3) is 0.391. The molecule has 1 N–H and O–H groups in total. The van der Waals surface area contributed by atoms with Crippen molar-refractivity contribution in [1.29, 1.82) is 0 Å². The number of para-hydroxylation sites is 1. The third-order valence-electron chi connectivity index (χ3n) is 4.61. The molecule has 0 aliphatic heterocycles. The number of aryl methyl sites for hydroxylation is 1. The third-order valence-corrected chi connectivity index (χ3v) is 4.61. The lowest BCUT2D eigenvalue weighted by atomic mass is 10.1. The van der Waals surface area contributed by atoms with Gasteiger partial charge in [0.15, 0.2) is 18.2 Å². The zero-order valence-corrected chi connectivity index (χ0v) is 17.4. The summed E-state index contributed by atoms with van der Waals surface area (Å²) in [5.41, 5.74) is 1.97. The third kappa shape index (κ3) is 6.31. The summed E-state index contributed by atoms with van der Waals surface area (Å²) >= 11 is 0. The Morgan fingerprint density at radius 1 is 1.10 bits per heavy atom. The first kappa shape index (κ1) is 22.4. The highest BCUT2D eigenvalue weighted by atomic mass is 19.1. The Hall–Kier alpha value is -2.89. The van der Waals surface area contributed by atoms with E-state index in [-0.39, 0.29) is 36.8 Å². The van der Waals surface area contributed by atoms with Crippen LogP contribution in [-0.4, -0.2) is 35.4 Å². The Balaban J connectivity index is 2.24. The number of rotatable bonds is 9. The normalized spacial score (nSPS) is 11.8. The first-order valence-electron chi connectivity index (χ1n) is 9.85. The number of nitrogens with one attached hydrogen (secondary N) is 1. The number of carbonyl (C=O) groups is 2. The molecule has 156 valence electrons. The molecule has 2 amide bonds. The lowest BCUT2D eigenvalue weighted by molar-refractivity contribution is -0.143. The number of nitrogens with zero attached hydrogens (tertiary/aromatic N) is 1. The van der Waals surface area contributed by atoms with E-state index in [0.717, 1.165) is 11.1 Å². The number of amides is 2. The summed E-state index contributed by atoms with van der Waals surface area (Å²) in [6, 6.07) is 13.0. The Bertz CT molecular complexity index is 838. The van der Waals surface area contributed by atoms with Crippen LogP contribution in [0.1, 0.15) is 38.3 Å². The summed E-state index contributed by atoms with van der Waals surface area (Å²) in [5, 5.41) is 2.88. The quantitative estimate of drug-likeness (QED) is 0.696. The fourth-order valence-electron chi connectivity index (χ4n) is 3.06. The van der Waals surface area contributed by atoms with Gasteiger partial charge in [0.2, 0.25) is 5.91 Å². The molecule has 0 heterocycles. The van der Waals surface area contributed by atoms with Crippen LogP contribution in [0.25, 0.3) is 0 Å². The average Bonchev–Trinajstić information content (AvgIpc) is 2.68. The molecular formula is C23H29FN2O3. The monoisotopic (exact) mass is 400 g/mol. The van der Waals surface area contributed by atoms with Gasteiger partial charge in [-0.3, -0.25) is 9.59 Å². The molecule has 5 nitrogen and oxygen atoms in total. The predicted molar refractivity (Wildman–Crippen MR) is 111 cm³/mol. The minimum absolute atomic E-state index is 0.0105. The van der Waals surface area contributed by atoms with Gasteiger partial charge >= 0.3 is 0 Å². The van der Waals surface area contributed by atoms with Crippen LogP contribution in [0.5, 0.6) is 5.75 Å². The first-order chi connectivity index (χ1) is 13.8. The smallest absolute Gasteiger partial charge is 0.261 e.